The molecule has 0 aliphatic carbocycles. The maximum Gasteiger partial charge on any atom is 0.133 e. The first-order chi connectivity index (χ1) is 6.13. The Balaban J connectivity index is 3.03. The first-order valence-corrected chi connectivity index (χ1v) is 4.57. The summed E-state index contributed by atoms with van der Waals surface area (Å²) in [7, 11) is 1.62. The van der Waals surface area contributed by atoms with Gasteiger partial charge in [0.1, 0.15) is 5.75 Å². The van der Waals surface area contributed by atoms with Gasteiger partial charge in [-0.25, -0.2) is 4.99 Å². The number of benzene rings is 1. The van der Waals surface area contributed by atoms with Gasteiger partial charge in [-0.1, -0.05) is 0 Å². The number of ether oxygens (including phenoxy) is 1. The molecule has 1 rings (SSSR count). The number of rotatable bonds is 2. The lowest BCUT2D eigenvalue weighted by atomic mass is 10.3. The highest BCUT2D eigenvalue weighted by Crippen LogP contribution is 2.28. The Morgan fingerprint density at radius 2 is 2.23 bits per heavy atom. The molecular weight excluding hydrogens is 232 g/mol. The van der Waals surface area contributed by atoms with Gasteiger partial charge in [-0.05, 0) is 41.1 Å². The largest absolute Gasteiger partial charge is 0.496 e. The molecule has 0 saturated heterocycles. The van der Waals surface area contributed by atoms with Crippen molar-refractivity contribution in [2.45, 2.75) is 6.92 Å². The van der Waals surface area contributed by atoms with Crippen LogP contribution >= 0.6 is 15.9 Å². The lowest BCUT2D eigenvalue weighted by Gasteiger charge is -2.03. The molecule has 0 aliphatic rings. The van der Waals surface area contributed by atoms with Crippen LogP contribution in [0.15, 0.2) is 27.7 Å². The summed E-state index contributed by atoms with van der Waals surface area (Å²) in [6.07, 6.45) is 0. The number of hydrogen-bond acceptors (Lipinski definition) is 2. The number of hydrogen-bond donors (Lipinski definition) is 1. The van der Waals surface area contributed by atoms with Crippen molar-refractivity contribution in [3.63, 3.8) is 0 Å². The molecule has 0 spiro atoms. The van der Waals surface area contributed by atoms with Crippen LogP contribution in [0.25, 0.3) is 0 Å². The van der Waals surface area contributed by atoms with Crippen LogP contribution in [-0.4, -0.2) is 12.9 Å². The minimum Gasteiger partial charge on any atom is -0.496 e. The van der Waals surface area contributed by atoms with E-state index >= 15 is 0 Å². The third-order valence-corrected chi connectivity index (χ3v) is 2.06. The second-order valence-electron chi connectivity index (χ2n) is 2.57. The van der Waals surface area contributed by atoms with Gasteiger partial charge in [-0.15, -0.1) is 0 Å². The summed E-state index contributed by atoms with van der Waals surface area (Å²) in [5, 5.41) is 0. The van der Waals surface area contributed by atoms with Crippen molar-refractivity contribution in [2.24, 2.45) is 10.7 Å². The van der Waals surface area contributed by atoms with Crippen LogP contribution in [0, 0.1) is 0 Å². The van der Waals surface area contributed by atoms with Crippen molar-refractivity contribution in [1.29, 1.82) is 0 Å². The van der Waals surface area contributed by atoms with E-state index in [0.717, 1.165) is 15.9 Å². The van der Waals surface area contributed by atoms with E-state index in [1.54, 1.807) is 14.0 Å². The number of halogens is 1. The smallest absolute Gasteiger partial charge is 0.133 e. The molecule has 2 N–H and O–H groups in total. The Morgan fingerprint density at radius 3 is 2.69 bits per heavy atom. The van der Waals surface area contributed by atoms with E-state index in [1.165, 1.54) is 0 Å². The third-order valence-electron chi connectivity index (χ3n) is 1.44. The zero-order chi connectivity index (χ0) is 9.84. The maximum atomic E-state index is 5.45. The second-order valence-corrected chi connectivity index (χ2v) is 3.43. The standard InChI is InChI=1S/C9H11BrN2O/c1-6(11)12-7-3-4-9(13-2)8(10)5-7/h3-5H,1-2H3,(H2,11,12). The van der Waals surface area contributed by atoms with Gasteiger partial charge in [0.2, 0.25) is 0 Å². The van der Waals surface area contributed by atoms with Crippen molar-refractivity contribution in [3.05, 3.63) is 22.7 Å². The van der Waals surface area contributed by atoms with E-state index in [9.17, 15) is 0 Å². The molecule has 70 valence electrons. The van der Waals surface area contributed by atoms with Gasteiger partial charge in [0.05, 0.1) is 23.1 Å². The van der Waals surface area contributed by atoms with Gasteiger partial charge >= 0.3 is 0 Å². The van der Waals surface area contributed by atoms with Crippen molar-refractivity contribution < 1.29 is 4.74 Å². The molecule has 0 amide bonds. The fraction of sp³-hybridized carbons (Fsp3) is 0.222. The van der Waals surface area contributed by atoms with Crippen molar-refractivity contribution >= 4 is 27.5 Å². The average molecular weight is 243 g/mol. The van der Waals surface area contributed by atoms with Crippen LogP contribution in [-0.2, 0) is 0 Å². The zero-order valence-corrected chi connectivity index (χ0v) is 9.13. The molecular formula is C9H11BrN2O. The second kappa shape index (κ2) is 4.28. The Morgan fingerprint density at radius 1 is 1.54 bits per heavy atom. The van der Waals surface area contributed by atoms with Crippen LogP contribution in [0.5, 0.6) is 5.75 Å². The summed E-state index contributed by atoms with van der Waals surface area (Å²) in [6, 6.07) is 5.54. The molecule has 4 heteroatoms. The molecule has 0 fully saturated rings. The van der Waals surface area contributed by atoms with E-state index in [2.05, 4.69) is 20.9 Å². The molecule has 0 radical (unpaired) electrons. The summed E-state index contributed by atoms with van der Waals surface area (Å²) in [5.41, 5.74) is 6.26. The number of aliphatic imine (C=N–C) groups is 1. The molecule has 0 aromatic heterocycles. The number of amidine groups is 1. The van der Waals surface area contributed by atoms with Gasteiger partial charge in [0, 0.05) is 0 Å². The van der Waals surface area contributed by atoms with E-state index in [0.29, 0.717) is 5.84 Å². The molecule has 0 saturated carbocycles. The topological polar surface area (TPSA) is 47.6 Å². The SMILES string of the molecule is COc1ccc(N=C(C)N)cc1Br. The van der Waals surface area contributed by atoms with Crippen LogP contribution in [0.3, 0.4) is 0 Å². The molecule has 0 heterocycles. The predicted octanol–water partition coefficient (Wildman–Crippen LogP) is 2.47. The molecule has 13 heavy (non-hydrogen) atoms. The normalized spacial score (nSPS) is 11.5. The zero-order valence-electron chi connectivity index (χ0n) is 7.54. The minimum atomic E-state index is 0.539. The van der Waals surface area contributed by atoms with Gasteiger partial charge < -0.3 is 10.5 Å². The predicted molar refractivity (Wildman–Crippen MR) is 57.7 cm³/mol. The number of methoxy groups -OCH3 is 1. The van der Waals surface area contributed by atoms with E-state index in [1.807, 2.05) is 18.2 Å². The Hall–Kier alpha value is -1.03. The molecule has 0 bridgehead atoms. The lowest BCUT2D eigenvalue weighted by molar-refractivity contribution is 0.412. The first kappa shape index (κ1) is 10.1. The lowest BCUT2D eigenvalue weighted by Crippen LogP contribution is -2.03. The van der Waals surface area contributed by atoms with E-state index < -0.39 is 0 Å². The molecule has 1 aromatic carbocycles. The van der Waals surface area contributed by atoms with Crippen molar-refractivity contribution in [2.75, 3.05) is 7.11 Å². The van der Waals surface area contributed by atoms with Crippen molar-refractivity contribution in [3.8, 4) is 5.75 Å². The summed E-state index contributed by atoms with van der Waals surface area (Å²) >= 11 is 3.36. The fourth-order valence-electron chi connectivity index (χ4n) is 0.928. The van der Waals surface area contributed by atoms with E-state index in [4.69, 9.17) is 10.5 Å². The summed E-state index contributed by atoms with van der Waals surface area (Å²) in [5.74, 6) is 1.32. The fourth-order valence-corrected chi connectivity index (χ4v) is 1.46. The Kier molecular flexibility index (Phi) is 3.31. The summed E-state index contributed by atoms with van der Waals surface area (Å²) < 4.78 is 5.95. The summed E-state index contributed by atoms with van der Waals surface area (Å²) in [6.45, 7) is 1.75. The van der Waals surface area contributed by atoms with E-state index in [-0.39, 0.29) is 0 Å². The molecule has 3 nitrogen and oxygen atoms in total. The first-order valence-electron chi connectivity index (χ1n) is 3.78. The van der Waals surface area contributed by atoms with Crippen LogP contribution in [0.4, 0.5) is 5.69 Å². The highest BCUT2D eigenvalue weighted by Gasteiger charge is 1.99. The molecule has 0 aliphatic heterocycles. The van der Waals surface area contributed by atoms with Gasteiger partial charge in [0.15, 0.2) is 0 Å². The molecule has 0 atom stereocenters. The summed E-state index contributed by atoms with van der Waals surface area (Å²) in [4.78, 5) is 4.10. The number of nitrogens with zero attached hydrogens (tertiary/aromatic N) is 1. The van der Waals surface area contributed by atoms with Gasteiger partial charge in [-0.2, -0.15) is 0 Å². The highest BCUT2D eigenvalue weighted by molar-refractivity contribution is 9.10. The Labute approximate surface area is 85.7 Å². The van der Waals surface area contributed by atoms with Crippen LogP contribution in [0.1, 0.15) is 6.92 Å². The maximum absolute atomic E-state index is 5.45. The van der Waals surface area contributed by atoms with Crippen LogP contribution in [0.2, 0.25) is 0 Å². The van der Waals surface area contributed by atoms with Crippen LogP contribution < -0.4 is 10.5 Å². The highest BCUT2D eigenvalue weighted by atomic mass is 79.9. The third kappa shape index (κ3) is 2.73. The Bertz CT molecular complexity index is 332. The monoisotopic (exact) mass is 242 g/mol. The molecule has 0 unspecified atom stereocenters. The minimum absolute atomic E-state index is 0.539. The van der Waals surface area contributed by atoms with Crippen molar-refractivity contribution in [1.82, 2.24) is 0 Å². The number of nitrogens with two attached hydrogens (primary N) is 1. The molecule has 1 aromatic rings. The average Bonchev–Trinajstić information content (AvgIpc) is 2.03. The quantitative estimate of drug-likeness (QED) is 0.640. The van der Waals surface area contributed by atoms with Gasteiger partial charge in [-0.3, -0.25) is 0 Å². The van der Waals surface area contributed by atoms with Gasteiger partial charge in [0.25, 0.3) is 0 Å².